The van der Waals surface area contributed by atoms with E-state index in [1.165, 1.54) is 93.2 Å². The maximum Gasteiger partial charge on any atom is 0.135 e. The summed E-state index contributed by atoms with van der Waals surface area (Å²) in [6, 6.07) is 66.2. The number of ether oxygens (including phenoxy) is 1. The van der Waals surface area contributed by atoms with E-state index in [2.05, 4.69) is 182 Å². The Hall–Kier alpha value is -6.70. The Morgan fingerprint density at radius 3 is 1.45 bits per heavy atom. The summed E-state index contributed by atoms with van der Waals surface area (Å²) in [5.41, 5.74) is 12.1. The average Bonchev–Trinajstić information content (AvgIpc) is 3.20. The summed E-state index contributed by atoms with van der Waals surface area (Å²) < 4.78 is 6.57. The summed E-state index contributed by atoms with van der Waals surface area (Å²) >= 11 is 0. The number of hydrogen-bond acceptors (Lipinski definition) is 1. The first-order valence-corrected chi connectivity index (χ1v) is 17.6. The molecule has 0 radical (unpaired) electrons. The van der Waals surface area contributed by atoms with Gasteiger partial charge in [0.05, 0.1) is 0 Å². The monoisotopic (exact) mass is 646 g/mol. The summed E-state index contributed by atoms with van der Waals surface area (Å²) in [5.74, 6) is 1.80. The van der Waals surface area contributed by atoms with E-state index in [0.29, 0.717) is 0 Å². The fourth-order valence-electron chi connectivity index (χ4n) is 8.47. The molecule has 0 fully saturated rings. The highest BCUT2D eigenvalue weighted by Crippen LogP contribution is 2.50. The molecule has 10 aromatic rings. The normalized spacial score (nSPS) is 12.1. The largest absolute Gasteiger partial charge is 0.456 e. The molecule has 0 amide bonds. The SMILES string of the molecule is c1ccc(-c2ccc3c4c(cccc24)-c2cc(-c4cccc(-c5ccc6ccc7c(-c8ccccc8)ccc8ccc5c6c87)c4)ccc2O3)cc1. The van der Waals surface area contributed by atoms with Crippen LogP contribution in [0.1, 0.15) is 0 Å². The van der Waals surface area contributed by atoms with Crippen LogP contribution in [0, 0.1) is 0 Å². The minimum absolute atomic E-state index is 0.893. The zero-order valence-electron chi connectivity index (χ0n) is 27.7. The molecule has 0 unspecified atom stereocenters. The Kier molecular flexibility index (Phi) is 6.02. The van der Waals surface area contributed by atoms with Crippen LogP contribution in [0.3, 0.4) is 0 Å². The van der Waals surface area contributed by atoms with Gasteiger partial charge >= 0.3 is 0 Å². The van der Waals surface area contributed by atoms with Gasteiger partial charge in [-0.2, -0.15) is 0 Å². The van der Waals surface area contributed by atoms with E-state index in [1.807, 2.05) is 0 Å². The molecule has 0 saturated heterocycles. The predicted molar refractivity (Wildman–Crippen MR) is 215 cm³/mol. The Labute approximate surface area is 296 Å². The lowest BCUT2D eigenvalue weighted by Crippen LogP contribution is -1.98. The summed E-state index contributed by atoms with van der Waals surface area (Å²) in [6.07, 6.45) is 0. The van der Waals surface area contributed by atoms with Crippen LogP contribution in [0.5, 0.6) is 11.5 Å². The van der Waals surface area contributed by atoms with Crippen LogP contribution < -0.4 is 4.74 Å². The van der Waals surface area contributed by atoms with E-state index in [-0.39, 0.29) is 0 Å². The molecule has 1 heterocycles. The maximum absolute atomic E-state index is 6.57. The van der Waals surface area contributed by atoms with E-state index < -0.39 is 0 Å². The second-order valence-electron chi connectivity index (χ2n) is 13.6. The fraction of sp³-hybridized carbons (Fsp3) is 0. The third-order valence-electron chi connectivity index (χ3n) is 10.8. The second kappa shape index (κ2) is 10.9. The molecule has 1 heteroatoms. The van der Waals surface area contributed by atoms with Crippen molar-refractivity contribution in [1.29, 1.82) is 0 Å². The zero-order valence-corrected chi connectivity index (χ0v) is 27.7. The lowest BCUT2D eigenvalue weighted by molar-refractivity contribution is 0.487. The summed E-state index contributed by atoms with van der Waals surface area (Å²) in [7, 11) is 0. The number of fused-ring (bicyclic) bond motifs is 2. The van der Waals surface area contributed by atoms with Gasteiger partial charge in [0.25, 0.3) is 0 Å². The first-order valence-electron chi connectivity index (χ1n) is 17.6. The van der Waals surface area contributed by atoms with Crippen LogP contribution in [0.15, 0.2) is 182 Å². The molecule has 0 atom stereocenters. The van der Waals surface area contributed by atoms with Gasteiger partial charge in [-0.1, -0.05) is 158 Å². The number of rotatable bonds is 4. The van der Waals surface area contributed by atoms with Crippen molar-refractivity contribution in [2.45, 2.75) is 0 Å². The van der Waals surface area contributed by atoms with Crippen LogP contribution in [0.2, 0.25) is 0 Å². The third-order valence-corrected chi connectivity index (χ3v) is 10.8. The molecule has 1 aliphatic heterocycles. The van der Waals surface area contributed by atoms with Gasteiger partial charge in [-0.25, -0.2) is 0 Å². The van der Waals surface area contributed by atoms with Crippen molar-refractivity contribution in [1.82, 2.24) is 0 Å². The number of benzene rings is 10. The van der Waals surface area contributed by atoms with E-state index in [0.717, 1.165) is 17.1 Å². The van der Waals surface area contributed by atoms with Crippen molar-refractivity contribution in [2.75, 3.05) is 0 Å². The van der Waals surface area contributed by atoms with Gasteiger partial charge in [0.2, 0.25) is 0 Å². The molecule has 0 saturated carbocycles. The van der Waals surface area contributed by atoms with E-state index in [4.69, 9.17) is 4.74 Å². The Morgan fingerprint density at radius 1 is 0.255 bits per heavy atom. The van der Waals surface area contributed by atoms with Gasteiger partial charge < -0.3 is 4.74 Å². The zero-order chi connectivity index (χ0) is 33.5. The summed E-state index contributed by atoms with van der Waals surface area (Å²) in [5, 5.41) is 10.2. The highest BCUT2D eigenvalue weighted by atomic mass is 16.5. The Bertz CT molecular complexity index is 2970. The topological polar surface area (TPSA) is 9.23 Å². The van der Waals surface area contributed by atoms with Gasteiger partial charge in [0, 0.05) is 10.9 Å². The predicted octanol–water partition coefficient (Wildman–Crippen LogP) is 14.2. The second-order valence-corrected chi connectivity index (χ2v) is 13.6. The molecular weight excluding hydrogens is 617 g/mol. The van der Waals surface area contributed by atoms with Gasteiger partial charge in [-0.3, -0.25) is 0 Å². The molecule has 11 rings (SSSR count). The van der Waals surface area contributed by atoms with Crippen molar-refractivity contribution in [3.8, 4) is 67.1 Å². The minimum Gasteiger partial charge on any atom is -0.456 e. The number of hydrogen-bond donors (Lipinski definition) is 0. The van der Waals surface area contributed by atoms with Crippen LogP contribution in [-0.2, 0) is 0 Å². The summed E-state index contributed by atoms with van der Waals surface area (Å²) in [4.78, 5) is 0. The van der Waals surface area contributed by atoms with Gasteiger partial charge in [0.15, 0.2) is 0 Å². The van der Waals surface area contributed by atoms with E-state index in [1.54, 1.807) is 0 Å². The molecule has 1 nitrogen and oxygen atoms in total. The highest BCUT2D eigenvalue weighted by molar-refractivity contribution is 6.27. The molecular formula is C50H30O. The van der Waals surface area contributed by atoms with Crippen LogP contribution in [0.25, 0.3) is 98.7 Å². The molecule has 236 valence electrons. The van der Waals surface area contributed by atoms with E-state index >= 15 is 0 Å². The smallest absolute Gasteiger partial charge is 0.135 e. The summed E-state index contributed by atoms with van der Waals surface area (Å²) in [6.45, 7) is 0. The molecule has 0 aromatic heterocycles. The first kappa shape index (κ1) is 28.2. The molecule has 1 aliphatic rings. The average molecular weight is 647 g/mol. The lowest BCUT2D eigenvalue weighted by Gasteiger charge is -2.23. The van der Waals surface area contributed by atoms with Crippen molar-refractivity contribution in [3.63, 3.8) is 0 Å². The van der Waals surface area contributed by atoms with Crippen molar-refractivity contribution in [3.05, 3.63) is 182 Å². The molecule has 10 aromatic carbocycles. The molecule has 0 aliphatic carbocycles. The van der Waals surface area contributed by atoms with Gasteiger partial charge in [-0.15, -0.1) is 0 Å². The van der Waals surface area contributed by atoms with Crippen LogP contribution >= 0.6 is 0 Å². The maximum atomic E-state index is 6.57. The Morgan fingerprint density at radius 2 is 0.765 bits per heavy atom. The van der Waals surface area contributed by atoms with Crippen LogP contribution in [-0.4, -0.2) is 0 Å². The third kappa shape index (κ3) is 4.28. The quantitative estimate of drug-likeness (QED) is 0.173. The van der Waals surface area contributed by atoms with Crippen molar-refractivity contribution < 1.29 is 4.74 Å². The highest BCUT2D eigenvalue weighted by Gasteiger charge is 2.22. The van der Waals surface area contributed by atoms with Gasteiger partial charge in [-0.05, 0) is 112 Å². The molecule has 0 bridgehead atoms. The molecule has 51 heavy (non-hydrogen) atoms. The molecule has 0 N–H and O–H groups in total. The fourth-order valence-corrected chi connectivity index (χ4v) is 8.47. The van der Waals surface area contributed by atoms with Crippen LogP contribution in [0.4, 0.5) is 0 Å². The van der Waals surface area contributed by atoms with Crippen molar-refractivity contribution in [2.24, 2.45) is 0 Å². The van der Waals surface area contributed by atoms with E-state index in [9.17, 15) is 0 Å². The van der Waals surface area contributed by atoms with Gasteiger partial charge in [0.1, 0.15) is 11.5 Å². The van der Waals surface area contributed by atoms with Crippen molar-refractivity contribution >= 4 is 43.1 Å². The Balaban J connectivity index is 1.04. The first-order chi connectivity index (χ1) is 25.3. The standard InChI is InChI=1S/C50H30O/c1-3-9-31(10-4-1)38-22-17-33-20-25-44-40(23-18-34-19-24-43(38)48(33)49(34)44)37-14-7-13-35(29-37)36-21-27-46-45(30-36)42-16-8-15-41-39(32-11-5-2-6-12-32)26-28-47(51-46)50(41)42/h1-30H. The minimum atomic E-state index is 0.893. The lowest BCUT2D eigenvalue weighted by atomic mass is 9.86. The molecule has 0 spiro atoms.